The summed E-state index contributed by atoms with van der Waals surface area (Å²) in [5.41, 5.74) is 4.16. The third kappa shape index (κ3) is 6.30. The van der Waals surface area contributed by atoms with E-state index in [1.54, 1.807) is 43.6 Å². The minimum Gasteiger partial charge on any atom is -0.504 e. The van der Waals surface area contributed by atoms with Gasteiger partial charge in [0.05, 0.1) is 53.2 Å². The monoisotopic (exact) mass is 710 g/mol. The fourth-order valence-corrected chi connectivity index (χ4v) is 7.03. The highest BCUT2D eigenvalue weighted by Crippen LogP contribution is 2.47. The second-order valence-electron chi connectivity index (χ2n) is 11.0. The number of amides is 2. The minimum absolute atomic E-state index is 0.0640. The van der Waals surface area contributed by atoms with Gasteiger partial charge in [0.1, 0.15) is 0 Å². The van der Waals surface area contributed by atoms with Crippen LogP contribution in [-0.2, 0) is 14.3 Å². The molecular weight excluding hydrogens is 675 g/mol. The molecule has 0 bridgehead atoms. The molecule has 3 N–H and O–H groups in total. The van der Waals surface area contributed by atoms with Gasteiger partial charge in [-0.05, 0) is 107 Å². The summed E-state index contributed by atoms with van der Waals surface area (Å²) in [4.78, 5) is 33.0. The Morgan fingerprint density at radius 3 is 2.52 bits per heavy atom. The average Bonchev–Trinajstić information content (AvgIpc) is 3.29. The number of allylic oxidation sites excluding steroid dienone is 1. The van der Waals surface area contributed by atoms with Crippen LogP contribution in [0.3, 0.4) is 0 Å². The van der Waals surface area contributed by atoms with Crippen molar-refractivity contribution in [2.24, 2.45) is 17.8 Å². The van der Waals surface area contributed by atoms with Crippen LogP contribution in [-0.4, -0.2) is 65.7 Å². The number of rotatable bonds is 11. The lowest BCUT2D eigenvalue weighted by molar-refractivity contribution is -0.123. The summed E-state index contributed by atoms with van der Waals surface area (Å²) in [7, 11) is 3.04. The van der Waals surface area contributed by atoms with E-state index < -0.39 is 30.5 Å². The number of hydrogen-bond acceptors (Lipinski definition) is 8. The summed E-state index contributed by atoms with van der Waals surface area (Å²) >= 11 is 2.05. The molecule has 4 atom stereocenters. The van der Waals surface area contributed by atoms with Crippen LogP contribution in [0.1, 0.15) is 30.5 Å². The first kappa shape index (κ1) is 31.8. The van der Waals surface area contributed by atoms with Gasteiger partial charge in [-0.3, -0.25) is 19.5 Å². The maximum Gasteiger partial charge on any atom is 0.238 e. The third-order valence-electron chi connectivity index (χ3n) is 8.37. The zero-order valence-electron chi connectivity index (χ0n) is 24.5. The van der Waals surface area contributed by atoms with Gasteiger partial charge in [0, 0.05) is 19.2 Å². The van der Waals surface area contributed by atoms with Crippen molar-refractivity contribution >= 4 is 51.7 Å². The highest BCUT2D eigenvalue weighted by molar-refractivity contribution is 14.1. The number of methoxy groups -OCH3 is 2. The van der Waals surface area contributed by atoms with Crippen molar-refractivity contribution in [3.8, 4) is 11.5 Å². The number of hydrogen-bond donors (Lipinski definition) is 3. The van der Waals surface area contributed by atoms with Gasteiger partial charge in [0.25, 0.3) is 0 Å². The number of carbonyl (C=O) groups excluding carboxylic acids is 2. The molecule has 2 amide bonds. The van der Waals surface area contributed by atoms with E-state index in [1.807, 2.05) is 59.0 Å². The minimum atomic E-state index is -1.01. The molecule has 1 fully saturated rings. The molecule has 2 aromatic carbocycles. The summed E-state index contributed by atoms with van der Waals surface area (Å²) in [6.45, 7) is -0.218. The number of phenols is 1. The van der Waals surface area contributed by atoms with Crippen LogP contribution in [0.15, 0.2) is 78.0 Å². The van der Waals surface area contributed by atoms with Crippen LogP contribution in [0.4, 0.5) is 5.69 Å². The predicted octanol–water partition coefficient (Wildman–Crippen LogP) is 4.84. The van der Waals surface area contributed by atoms with Gasteiger partial charge in [-0.1, -0.05) is 24.3 Å². The Labute approximate surface area is 270 Å². The number of fused-ring (bicyclic) bond motifs is 1. The number of benzene rings is 2. The molecule has 1 aliphatic carbocycles. The summed E-state index contributed by atoms with van der Waals surface area (Å²) in [5, 5.41) is 32.7. The number of para-hydroxylation sites is 1. The van der Waals surface area contributed by atoms with Crippen molar-refractivity contribution in [3.63, 3.8) is 0 Å². The molecule has 1 aliphatic heterocycles. The molecule has 0 saturated carbocycles. The Hall–Kier alpha value is -3.58. The topological polar surface area (TPSA) is 129 Å². The molecule has 9 nitrogen and oxygen atoms in total. The normalized spacial score (nSPS) is 21.1. The smallest absolute Gasteiger partial charge is 0.238 e. The van der Waals surface area contributed by atoms with Crippen LogP contribution >= 0.6 is 22.6 Å². The lowest BCUT2D eigenvalue weighted by atomic mass is 9.68. The van der Waals surface area contributed by atoms with Crippen molar-refractivity contribution in [3.05, 3.63) is 92.8 Å². The summed E-state index contributed by atoms with van der Waals surface area (Å²) in [5.74, 6) is -2.41. The molecule has 3 aromatic rings. The lowest BCUT2D eigenvalue weighted by Crippen LogP contribution is -2.39. The lowest BCUT2D eigenvalue weighted by Gasteiger charge is -2.36. The third-order valence-corrected chi connectivity index (χ3v) is 9.19. The largest absolute Gasteiger partial charge is 0.504 e. The number of ether oxygens (including phenoxy) is 2. The molecule has 1 saturated heterocycles. The Morgan fingerprint density at radius 2 is 1.86 bits per heavy atom. The molecule has 2 heterocycles. The van der Waals surface area contributed by atoms with Gasteiger partial charge in [0.15, 0.2) is 11.5 Å². The molecule has 0 radical (unpaired) electrons. The zero-order valence-corrected chi connectivity index (χ0v) is 26.7. The molecule has 2 aliphatic rings. The van der Waals surface area contributed by atoms with Gasteiger partial charge >= 0.3 is 0 Å². The molecular formula is C34H35IN2O7. The van der Waals surface area contributed by atoms with E-state index in [0.29, 0.717) is 27.0 Å². The van der Waals surface area contributed by atoms with Crippen molar-refractivity contribution in [2.45, 2.75) is 25.4 Å². The Balaban J connectivity index is 1.46. The highest BCUT2D eigenvalue weighted by atomic mass is 127. The molecule has 5 rings (SSSR count). The maximum absolute atomic E-state index is 13.7. The van der Waals surface area contributed by atoms with Gasteiger partial charge in [-0.15, -0.1) is 0 Å². The van der Waals surface area contributed by atoms with E-state index in [0.717, 1.165) is 22.4 Å². The quantitative estimate of drug-likeness (QED) is 0.147. The Bertz CT molecular complexity index is 1580. The number of nitrogens with zero attached hydrogens (tertiary/aromatic N) is 2. The number of imide groups is 1. The van der Waals surface area contributed by atoms with Gasteiger partial charge < -0.3 is 24.8 Å². The van der Waals surface area contributed by atoms with E-state index in [-0.39, 0.29) is 37.0 Å². The fraction of sp³-hybridized carbons (Fsp3) is 0.324. The molecule has 10 heteroatoms. The first-order valence-corrected chi connectivity index (χ1v) is 15.5. The van der Waals surface area contributed by atoms with E-state index >= 15 is 0 Å². The first-order chi connectivity index (χ1) is 21.3. The number of anilines is 1. The van der Waals surface area contributed by atoms with E-state index in [9.17, 15) is 24.9 Å². The van der Waals surface area contributed by atoms with E-state index in [4.69, 9.17) is 9.47 Å². The fourth-order valence-electron chi connectivity index (χ4n) is 6.41. The second-order valence-corrected chi connectivity index (χ2v) is 12.1. The number of aliphatic hydroxyl groups excluding tert-OH is 2. The van der Waals surface area contributed by atoms with Crippen molar-refractivity contribution in [2.75, 3.05) is 32.3 Å². The standard InChI is InChI=1S/C34H35IN2O7/c1-43-19-22-17-24-31(34(42)37(33(24)41)23-8-4-3-5-9-23)25(18-38)30(22)28(39)12-11-21(27-10-6-7-13-36-27)14-20-15-26(35)32(40)29(16-20)44-2/h3-10,13-16,24-25,28,31,38-40H,11-12,17-19H2,1-2H3/b21-14-/t24-,25+,28-,31-/m1/s1. The Kier molecular flexibility index (Phi) is 10.1. The average molecular weight is 711 g/mol. The van der Waals surface area contributed by atoms with Crippen LogP contribution in [0, 0.1) is 21.3 Å². The van der Waals surface area contributed by atoms with Crippen molar-refractivity contribution in [1.82, 2.24) is 4.98 Å². The van der Waals surface area contributed by atoms with E-state index in [2.05, 4.69) is 4.98 Å². The van der Waals surface area contributed by atoms with Crippen LogP contribution < -0.4 is 9.64 Å². The SMILES string of the molecule is COCC1=C([C@H](O)CC/C(=C/c2cc(I)c(O)c(OC)c2)c2ccccn2)[C@H](CO)[C@@H]2C(=O)N(c3ccccc3)C(=O)[C@@H]2C1. The second kappa shape index (κ2) is 14.0. The summed E-state index contributed by atoms with van der Waals surface area (Å²) < 4.78 is 11.4. The van der Waals surface area contributed by atoms with Crippen molar-refractivity contribution in [1.29, 1.82) is 0 Å². The zero-order chi connectivity index (χ0) is 31.4. The first-order valence-electron chi connectivity index (χ1n) is 14.4. The number of pyridine rings is 1. The maximum atomic E-state index is 13.7. The predicted molar refractivity (Wildman–Crippen MR) is 175 cm³/mol. The van der Waals surface area contributed by atoms with Gasteiger partial charge in [-0.2, -0.15) is 0 Å². The number of aromatic nitrogens is 1. The van der Waals surface area contributed by atoms with E-state index in [1.165, 1.54) is 12.0 Å². The van der Waals surface area contributed by atoms with Crippen LogP contribution in [0.2, 0.25) is 0 Å². The van der Waals surface area contributed by atoms with Gasteiger partial charge in [0.2, 0.25) is 11.8 Å². The summed E-state index contributed by atoms with van der Waals surface area (Å²) in [6.07, 6.45) is 3.59. The Morgan fingerprint density at radius 1 is 1.11 bits per heavy atom. The van der Waals surface area contributed by atoms with Crippen LogP contribution in [0.25, 0.3) is 11.6 Å². The molecule has 0 spiro atoms. The molecule has 230 valence electrons. The highest BCUT2D eigenvalue weighted by Gasteiger charge is 2.55. The number of aromatic hydroxyl groups is 1. The summed E-state index contributed by atoms with van der Waals surface area (Å²) in [6, 6.07) is 18.0. The molecule has 44 heavy (non-hydrogen) atoms. The number of carbonyl (C=O) groups is 2. The van der Waals surface area contributed by atoms with Crippen molar-refractivity contribution < 1.29 is 34.4 Å². The number of phenolic OH excluding ortho intramolecular Hbond substituents is 1. The van der Waals surface area contributed by atoms with Gasteiger partial charge in [-0.25, -0.2) is 0 Å². The molecule has 0 unspecified atom stereocenters. The number of aliphatic hydroxyl groups is 2. The van der Waals surface area contributed by atoms with Crippen LogP contribution in [0.5, 0.6) is 11.5 Å². The molecule has 1 aromatic heterocycles. The number of halogens is 1.